The van der Waals surface area contributed by atoms with Crippen LogP contribution in [0.5, 0.6) is 0 Å². The summed E-state index contributed by atoms with van der Waals surface area (Å²) < 4.78 is 0. The average Bonchev–Trinajstić information content (AvgIpc) is 2.68. The molecule has 1 aliphatic heterocycles. The van der Waals surface area contributed by atoms with E-state index in [-0.39, 0.29) is 11.9 Å². The second-order valence-electron chi connectivity index (χ2n) is 6.33. The molecule has 1 heterocycles. The summed E-state index contributed by atoms with van der Waals surface area (Å²) in [5.41, 5.74) is 2.22. The first-order chi connectivity index (χ1) is 12.6. The zero-order chi connectivity index (χ0) is 18.5. The third-order valence-corrected chi connectivity index (χ3v) is 5.01. The van der Waals surface area contributed by atoms with Gasteiger partial charge in [-0.15, -0.1) is 0 Å². The number of carbonyl (C=O) groups is 1. The zero-order valence-corrected chi connectivity index (χ0v) is 15.4. The van der Waals surface area contributed by atoms with Gasteiger partial charge < -0.3 is 10.2 Å². The lowest BCUT2D eigenvalue weighted by Gasteiger charge is -2.38. The number of carbonyl (C=O) groups excluding carboxylic acids is 1. The minimum atomic E-state index is -0.242. The summed E-state index contributed by atoms with van der Waals surface area (Å²) in [6, 6.07) is 16.6. The molecule has 1 atom stereocenters. The predicted molar refractivity (Wildman–Crippen MR) is 104 cm³/mol. The highest BCUT2D eigenvalue weighted by molar-refractivity contribution is 6.33. The van der Waals surface area contributed by atoms with Crippen LogP contribution in [0, 0.1) is 11.3 Å². The van der Waals surface area contributed by atoms with Crippen LogP contribution in [0.15, 0.2) is 48.5 Å². The van der Waals surface area contributed by atoms with Gasteiger partial charge in [0.1, 0.15) is 0 Å². The topological polar surface area (TPSA) is 59.4 Å². The molecule has 0 radical (unpaired) electrons. The second-order valence-corrected chi connectivity index (χ2v) is 6.74. The van der Waals surface area contributed by atoms with E-state index >= 15 is 0 Å². The van der Waals surface area contributed by atoms with Crippen molar-refractivity contribution in [3.05, 3.63) is 59.1 Å². The lowest BCUT2D eigenvalue weighted by molar-refractivity contribution is -0.120. The number of rotatable bonds is 4. The van der Waals surface area contributed by atoms with E-state index < -0.39 is 0 Å². The third kappa shape index (κ3) is 4.16. The Kier molecular flexibility index (Phi) is 5.77. The van der Waals surface area contributed by atoms with Crippen LogP contribution in [-0.2, 0) is 4.79 Å². The van der Waals surface area contributed by atoms with E-state index in [9.17, 15) is 4.79 Å². The molecular formula is C20H21ClN4O. The van der Waals surface area contributed by atoms with Crippen LogP contribution in [0.25, 0.3) is 0 Å². The molecular weight excluding hydrogens is 348 g/mol. The van der Waals surface area contributed by atoms with Gasteiger partial charge in [-0.3, -0.25) is 9.69 Å². The molecule has 1 N–H and O–H groups in total. The fraction of sp³-hybridized carbons (Fsp3) is 0.300. The molecule has 0 aromatic heterocycles. The fourth-order valence-electron chi connectivity index (χ4n) is 3.14. The van der Waals surface area contributed by atoms with Gasteiger partial charge in [-0.25, -0.2) is 0 Å². The second kappa shape index (κ2) is 8.22. The number of hydrogen-bond acceptors (Lipinski definition) is 4. The van der Waals surface area contributed by atoms with Crippen LogP contribution < -0.4 is 10.2 Å². The Labute approximate surface area is 158 Å². The van der Waals surface area contributed by atoms with Crippen molar-refractivity contribution in [1.29, 1.82) is 5.26 Å². The van der Waals surface area contributed by atoms with Gasteiger partial charge in [0.05, 0.1) is 28.4 Å². The Hall–Kier alpha value is -2.55. The van der Waals surface area contributed by atoms with Gasteiger partial charge >= 0.3 is 0 Å². The van der Waals surface area contributed by atoms with Crippen LogP contribution in [0.2, 0.25) is 5.02 Å². The molecule has 0 saturated carbocycles. The van der Waals surface area contributed by atoms with Crippen molar-refractivity contribution in [2.75, 3.05) is 36.4 Å². The number of nitrogens with zero attached hydrogens (tertiary/aromatic N) is 3. The molecule has 134 valence electrons. The Morgan fingerprint density at radius 3 is 2.58 bits per heavy atom. The van der Waals surface area contributed by atoms with Gasteiger partial charge in [0, 0.05) is 31.9 Å². The number of piperazine rings is 1. The van der Waals surface area contributed by atoms with Crippen molar-refractivity contribution in [2.45, 2.75) is 13.0 Å². The smallest absolute Gasteiger partial charge is 0.241 e. The number of halogens is 1. The zero-order valence-electron chi connectivity index (χ0n) is 14.7. The first kappa shape index (κ1) is 18.2. The summed E-state index contributed by atoms with van der Waals surface area (Å²) >= 11 is 6.28. The Balaban J connectivity index is 1.57. The Bertz CT molecular complexity index is 825. The van der Waals surface area contributed by atoms with Crippen LogP contribution in [0.1, 0.15) is 12.5 Å². The SMILES string of the molecule is C[C@@H](C(=O)Nc1cccc(C#N)c1)N1CCN(c2ccccc2Cl)CC1. The van der Waals surface area contributed by atoms with Crippen molar-refractivity contribution in [3.8, 4) is 6.07 Å². The molecule has 1 saturated heterocycles. The quantitative estimate of drug-likeness (QED) is 0.898. The highest BCUT2D eigenvalue weighted by atomic mass is 35.5. The lowest BCUT2D eigenvalue weighted by atomic mass is 10.1. The van der Waals surface area contributed by atoms with Crippen LogP contribution in [0.3, 0.4) is 0 Å². The predicted octanol–water partition coefficient (Wildman–Crippen LogP) is 3.36. The maximum Gasteiger partial charge on any atom is 0.241 e. The van der Waals surface area contributed by atoms with E-state index in [2.05, 4.69) is 21.2 Å². The van der Waals surface area contributed by atoms with E-state index in [1.165, 1.54) is 0 Å². The normalized spacial score (nSPS) is 16.0. The first-order valence-corrected chi connectivity index (χ1v) is 9.01. The molecule has 2 aromatic rings. The molecule has 1 fully saturated rings. The van der Waals surface area contributed by atoms with E-state index in [4.69, 9.17) is 16.9 Å². The largest absolute Gasteiger partial charge is 0.368 e. The van der Waals surface area contributed by atoms with Gasteiger partial charge in [-0.1, -0.05) is 29.8 Å². The van der Waals surface area contributed by atoms with E-state index in [1.807, 2.05) is 31.2 Å². The fourth-order valence-corrected chi connectivity index (χ4v) is 3.39. The molecule has 1 amide bonds. The van der Waals surface area contributed by atoms with Gasteiger partial charge in [0.2, 0.25) is 5.91 Å². The van der Waals surface area contributed by atoms with Crippen LogP contribution in [0.4, 0.5) is 11.4 Å². The minimum Gasteiger partial charge on any atom is -0.368 e. The molecule has 26 heavy (non-hydrogen) atoms. The van der Waals surface area contributed by atoms with Gasteiger partial charge in [-0.05, 0) is 37.3 Å². The number of nitrogens with one attached hydrogen (secondary N) is 1. The highest BCUT2D eigenvalue weighted by Crippen LogP contribution is 2.26. The van der Waals surface area contributed by atoms with Gasteiger partial charge in [0.15, 0.2) is 0 Å². The maximum atomic E-state index is 12.5. The third-order valence-electron chi connectivity index (χ3n) is 4.69. The number of amides is 1. The van der Waals surface area contributed by atoms with Gasteiger partial charge in [0.25, 0.3) is 0 Å². The van der Waals surface area contributed by atoms with Crippen molar-refractivity contribution in [2.24, 2.45) is 0 Å². The lowest BCUT2D eigenvalue weighted by Crippen LogP contribution is -2.52. The number of benzene rings is 2. The summed E-state index contributed by atoms with van der Waals surface area (Å²) in [7, 11) is 0. The first-order valence-electron chi connectivity index (χ1n) is 8.63. The molecule has 0 spiro atoms. The molecule has 2 aromatic carbocycles. The number of hydrogen-bond donors (Lipinski definition) is 1. The average molecular weight is 369 g/mol. The standard InChI is InChI=1S/C20H21ClN4O/c1-15(20(26)23-17-6-4-5-16(13-17)14-22)24-9-11-25(12-10-24)19-8-3-2-7-18(19)21/h2-8,13,15H,9-12H2,1H3,(H,23,26)/t15-/m0/s1. The molecule has 6 heteroatoms. The summed E-state index contributed by atoms with van der Waals surface area (Å²) in [4.78, 5) is 17.0. The number of para-hydroxylation sites is 1. The van der Waals surface area contributed by atoms with Gasteiger partial charge in [-0.2, -0.15) is 5.26 Å². The molecule has 0 unspecified atom stereocenters. The van der Waals surface area contributed by atoms with Crippen molar-refractivity contribution >= 4 is 28.9 Å². The minimum absolute atomic E-state index is 0.0636. The summed E-state index contributed by atoms with van der Waals surface area (Å²) in [6.45, 7) is 5.14. The Morgan fingerprint density at radius 1 is 1.15 bits per heavy atom. The van der Waals surface area contributed by atoms with E-state index in [0.717, 1.165) is 36.9 Å². The Morgan fingerprint density at radius 2 is 1.88 bits per heavy atom. The highest BCUT2D eigenvalue weighted by Gasteiger charge is 2.26. The summed E-state index contributed by atoms with van der Waals surface area (Å²) in [6.07, 6.45) is 0. The summed E-state index contributed by atoms with van der Waals surface area (Å²) in [5, 5.41) is 12.6. The van der Waals surface area contributed by atoms with E-state index in [0.29, 0.717) is 11.3 Å². The van der Waals surface area contributed by atoms with Crippen molar-refractivity contribution in [1.82, 2.24) is 4.90 Å². The number of anilines is 2. The van der Waals surface area contributed by atoms with Crippen molar-refractivity contribution in [3.63, 3.8) is 0 Å². The van der Waals surface area contributed by atoms with E-state index in [1.54, 1.807) is 24.3 Å². The number of nitriles is 1. The molecule has 0 aliphatic carbocycles. The maximum absolute atomic E-state index is 12.5. The van der Waals surface area contributed by atoms with Crippen molar-refractivity contribution < 1.29 is 4.79 Å². The summed E-state index contributed by atoms with van der Waals surface area (Å²) in [5.74, 6) is -0.0636. The molecule has 1 aliphatic rings. The van der Waals surface area contributed by atoms with Crippen LogP contribution in [-0.4, -0.2) is 43.0 Å². The molecule has 5 nitrogen and oxygen atoms in total. The molecule has 3 rings (SSSR count). The van der Waals surface area contributed by atoms with Crippen LogP contribution >= 0.6 is 11.6 Å². The monoisotopic (exact) mass is 368 g/mol. The molecule has 0 bridgehead atoms.